The Kier molecular flexibility index (Phi) is 3.41. The van der Waals surface area contributed by atoms with Gasteiger partial charge in [-0.1, -0.05) is 32.1 Å². The molecule has 94 valence electrons. The lowest BCUT2D eigenvalue weighted by Gasteiger charge is -2.21. The van der Waals surface area contributed by atoms with Crippen LogP contribution in [0.15, 0.2) is 0 Å². The fraction of sp³-hybridized carbons (Fsp3) is 0.846. The van der Waals surface area contributed by atoms with Crippen LogP contribution in [0, 0.1) is 5.92 Å². The molecule has 1 fully saturated rings. The molecule has 1 aliphatic heterocycles. The number of rotatable bonds is 3. The maximum atomic E-state index is 4.36. The lowest BCUT2D eigenvalue weighted by molar-refractivity contribution is 0.335. The second-order valence-electron chi connectivity index (χ2n) is 5.40. The first-order valence-electron chi connectivity index (χ1n) is 7.05. The van der Waals surface area contributed by atoms with Gasteiger partial charge in [0.15, 0.2) is 0 Å². The van der Waals surface area contributed by atoms with Crippen molar-refractivity contribution in [2.45, 2.75) is 58.0 Å². The maximum absolute atomic E-state index is 4.36. The first-order chi connectivity index (χ1) is 8.43. The molecule has 0 amide bonds. The van der Waals surface area contributed by atoms with Gasteiger partial charge in [0, 0.05) is 19.5 Å². The van der Waals surface area contributed by atoms with Crippen molar-refractivity contribution in [2.24, 2.45) is 5.92 Å². The van der Waals surface area contributed by atoms with Crippen LogP contribution in [0.5, 0.6) is 0 Å². The van der Waals surface area contributed by atoms with Crippen LogP contribution in [0.25, 0.3) is 0 Å². The van der Waals surface area contributed by atoms with E-state index in [1.807, 2.05) is 0 Å². The third-order valence-electron chi connectivity index (χ3n) is 4.20. The smallest absolute Gasteiger partial charge is 0.147 e. The minimum Gasteiger partial charge on any atom is -0.313 e. The van der Waals surface area contributed by atoms with Gasteiger partial charge in [-0.25, -0.2) is 0 Å². The highest BCUT2D eigenvalue weighted by molar-refractivity contribution is 4.99. The van der Waals surface area contributed by atoms with E-state index in [-0.39, 0.29) is 0 Å². The predicted molar refractivity (Wildman–Crippen MR) is 66.6 cm³/mol. The number of nitrogens with one attached hydrogen (secondary N) is 1. The molecule has 0 bridgehead atoms. The van der Waals surface area contributed by atoms with Crippen LogP contribution in [-0.4, -0.2) is 21.3 Å². The monoisotopic (exact) mass is 234 g/mol. The van der Waals surface area contributed by atoms with E-state index in [1.54, 1.807) is 0 Å². The zero-order valence-corrected chi connectivity index (χ0v) is 10.5. The summed E-state index contributed by atoms with van der Waals surface area (Å²) >= 11 is 0. The van der Waals surface area contributed by atoms with Crippen LogP contribution in [-0.2, 0) is 19.5 Å². The van der Waals surface area contributed by atoms with Crippen molar-refractivity contribution in [3.63, 3.8) is 0 Å². The molecule has 1 saturated carbocycles. The molecule has 2 aliphatic rings. The topological polar surface area (TPSA) is 42.7 Å². The minimum absolute atomic E-state index is 0.885. The standard InChI is InChI=1S/C13H22N4/c1-2-4-11(5-3-1)6-7-12-15-16-13-10-14-8-9-17(12)13/h11,14H,1-10H2. The fourth-order valence-electron chi connectivity index (χ4n) is 3.15. The molecule has 4 heteroatoms. The molecule has 2 heterocycles. The van der Waals surface area contributed by atoms with Crippen molar-refractivity contribution in [3.8, 4) is 0 Å². The van der Waals surface area contributed by atoms with E-state index in [4.69, 9.17) is 0 Å². The number of hydrogen-bond acceptors (Lipinski definition) is 3. The van der Waals surface area contributed by atoms with Crippen molar-refractivity contribution in [2.75, 3.05) is 6.54 Å². The Bertz CT molecular complexity index is 365. The van der Waals surface area contributed by atoms with Crippen molar-refractivity contribution in [1.29, 1.82) is 0 Å². The van der Waals surface area contributed by atoms with Gasteiger partial charge in [-0.15, -0.1) is 10.2 Å². The van der Waals surface area contributed by atoms with Crippen molar-refractivity contribution in [3.05, 3.63) is 11.6 Å². The molecule has 0 aromatic carbocycles. The Morgan fingerprint density at radius 2 is 2.06 bits per heavy atom. The summed E-state index contributed by atoms with van der Waals surface area (Å²) in [5.41, 5.74) is 0. The summed E-state index contributed by atoms with van der Waals surface area (Å²) in [6.45, 7) is 2.99. The first-order valence-corrected chi connectivity index (χ1v) is 7.05. The SMILES string of the molecule is C1CCC(CCc2nnc3n2CCNC3)CC1. The Balaban J connectivity index is 1.59. The highest BCUT2D eigenvalue weighted by atomic mass is 15.3. The largest absolute Gasteiger partial charge is 0.313 e. The van der Waals surface area contributed by atoms with Crippen molar-refractivity contribution < 1.29 is 0 Å². The van der Waals surface area contributed by atoms with Crippen LogP contribution in [0.3, 0.4) is 0 Å². The molecule has 4 nitrogen and oxygen atoms in total. The van der Waals surface area contributed by atoms with Crippen molar-refractivity contribution >= 4 is 0 Å². The maximum Gasteiger partial charge on any atom is 0.147 e. The summed E-state index contributed by atoms with van der Waals surface area (Å²) < 4.78 is 2.32. The second kappa shape index (κ2) is 5.17. The highest BCUT2D eigenvalue weighted by Crippen LogP contribution is 2.27. The van der Waals surface area contributed by atoms with E-state index in [0.29, 0.717) is 0 Å². The van der Waals surface area contributed by atoms with Gasteiger partial charge in [0.2, 0.25) is 0 Å². The summed E-state index contributed by atoms with van der Waals surface area (Å²) in [5, 5.41) is 12.0. The zero-order chi connectivity index (χ0) is 11.5. The number of aromatic nitrogens is 3. The second-order valence-corrected chi connectivity index (χ2v) is 5.40. The van der Waals surface area contributed by atoms with Gasteiger partial charge in [0.1, 0.15) is 11.6 Å². The number of fused-ring (bicyclic) bond motifs is 1. The third kappa shape index (κ3) is 2.51. The van der Waals surface area contributed by atoms with Crippen LogP contribution in [0.4, 0.5) is 0 Å². The fourth-order valence-corrected chi connectivity index (χ4v) is 3.15. The van der Waals surface area contributed by atoms with Gasteiger partial charge in [0.05, 0.1) is 6.54 Å². The molecule has 1 aliphatic carbocycles. The van der Waals surface area contributed by atoms with Crippen LogP contribution in [0.2, 0.25) is 0 Å². The van der Waals surface area contributed by atoms with Crippen LogP contribution in [0.1, 0.15) is 50.2 Å². The van der Waals surface area contributed by atoms with Gasteiger partial charge in [-0.05, 0) is 12.3 Å². The van der Waals surface area contributed by atoms with Gasteiger partial charge in [-0.2, -0.15) is 0 Å². The predicted octanol–water partition coefficient (Wildman–Crippen LogP) is 1.89. The number of nitrogens with zero attached hydrogens (tertiary/aromatic N) is 3. The third-order valence-corrected chi connectivity index (χ3v) is 4.20. The van der Waals surface area contributed by atoms with Gasteiger partial charge < -0.3 is 9.88 Å². The minimum atomic E-state index is 0.885. The molecule has 0 atom stereocenters. The molecule has 0 spiro atoms. The molecule has 1 aromatic heterocycles. The van der Waals surface area contributed by atoms with Crippen molar-refractivity contribution in [1.82, 2.24) is 20.1 Å². The average molecular weight is 234 g/mol. The molecule has 3 rings (SSSR count). The van der Waals surface area contributed by atoms with Gasteiger partial charge in [-0.3, -0.25) is 0 Å². The molecule has 17 heavy (non-hydrogen) atoms. The quantitative estimate of drug-likeness (QED) is 0.868. The van der Waals surface area contributed by atoms with Gasteiger partial charge in [0.25, 0.3) is 0 Å². The Morgan fingerprint density at radius 1 is 1.18 bits per heavy atom. The molecular formula is C13H22N4. The molecule has 0 saturated heterocycles. The molecule has 0 unspecified atom stereocenters. The summed E-state index contributed by atoms with van der Waals surface area (Å²) in [6.07, 6.45) is 9.62. The van der Waals surface area contributed by atoms with E-state index in [9.17, 15) is 0 Å². The van der Waals surface area contributed by atoms with E-state index >= 15 is 0 Å². The summed E-state index contributed by atoms with van der Waals surface area (Å²) in [7, 11) is 0. The summed E-state index contributed by atoms with van der Waals surface area (Å²) in [5.74, 6) is 3.28. The van der Waals surface area contributed by atoms with Gasteiger partial charge >= 0.3 is 0 Å². The lowest BCUT2D eigenvalue weighted by Crippen LogP contribution is -2.29. The first kappa shape index (κ1) is 11.2. The van der Waals surface area contributed by atoms with E-state index in [2.05, 4.69) is 20.1 Å². The van der Waals surface area contributed by atoms with Crippen LogP contribution < -0.4 is 5.32 Å². The Labute approximate surface area is 103 Å². The number of aryl methyl sites for hydroxylation is 1. The Hall–Kier alpha value is -0.900. The molecule has 1 N–H and O–H groups in total. The molecule has 0 radical (unpaired) electrons. The normalized spacial score (nSPS) is 21.4. The summed E-state index contributed by atoms with van der Waals surface area (Å²) in [6, 6.07) is 0. The molecular weight excluding hydrogens is 212 g/mol. The average Bonchev–Trinajstić information content (AvgIpc) is 2.81. The van der Waals surface area contributed by atoms with E-state index < -0.39 is 0 Å². The van der Waals surface area contributed by atoms with Crippen LogP contribution >= 0.6 is 0 Å². The molecule has 1 aromatic rings. The number of hydrogen-bond donors (Lipinski definition) is 1. The Morgan fingerprint density at radius 3 is 2.94 bits per heavy atom. The van der Waals surface area contributed by atoms with E-state index in [1.165, 1.54) is 44.3 Å². The summed E-state index contributed by atoms with van der Waals surface area (Å²) in [4.78, 5) is 0. The van der Waals surface area contributed by atoms with E-state index in [0.717, 1.165) is 37.8 Å². The zero-order valence-electron chi connectivity index (χ0n) is 10.5. The lowest BCUT2D eigenvalue weighted by atomic mass is 9.86. The highest BCUT2D eigenvalue weighted by Gasteiger charge is 2.18.